The van der Waals surface area contributed by atoms with Crippen molar-refractivity contribution in [1.82, 2.24) is 0 Å². The lowest BCUT2D eigenvalue weighted by Crippen LogP contribution is -2.13. The number of methoxy groups -OCH3 is 1. The summed E-state index contributed by atoms with van der Waals surface area (Å²) in [6.07, 6.45) is 2.29. The van der Waals surface area contributed by atoms with Gasteiger partial charge in [-0.2, -0.15) is 0 Å². The zero-order valence-electron chi connectivity index (χ0n) is 18.7. The van der Waals surface area contributed by atoms with E-state index in [2.05, 4.69) is 10.6 Å². The van der Waals surface area contributed by atoms with Gasteiger partial charge in [0.2, 0.25) is 5.91 Å². The molecule has 3 rings (SSSR count). The first-order chi connectivity index (χ1) is 16.5. The van der Waals surface area contributed by atoms with Gasteiger partial charge in [0.1, 0.15) is 11.5 Å². The van der Waals surface area contributed by atoms with Crippen LogP contribution in [0.2, 0.25) is 0 Å². The van der Waals surface area contributed by atoms with Gasteiger partial charge in [-0.05, 0) is 73.2 Å². The van der Waals surface area contributed by atoms with Crippen molar-refractivity contribution in [3.8, 4) is 11.5 Å². The summed E-state index contributed by atoms with van der Waals surface area (Å²) in [4.78, 5) is 36.2. The van der Waals surface area contributed by atoms with Crippen LogP contribution in [0.5, 0.6) is 11.5 Å². The lowest BCUT2D eigenvalue weighted by atomic mass is 10.2. The Morgan fingerprint density at radius 1 is 0.853 bits per heavy atom. The third kappa shape index (κ3) is 7.23. The Bertz CT molecular complexity index is 1190. The fourth-order valence-corrected chi connectivity index (χ4v) is 2.90. The second-order valence-electron chi connectivity index (χ2n) is 6.94. The number of anilines is 2. The van der Waals surface area contributed by atoms with Gasteiger partial charge in [0.15, 0.2) is 0 Å². The van der Waals surface area contributed by atoms with E-state index in [1.807, 2.05) is 24.3 Å². The topological polar surface area (TPSA) is 103 Å². The summed E-state index contributed by atoms with van der Waals surface area (Å²) in [5, 5.41) is 5.53. The maximum absolute atomic E-state index is 12.5. The molecule has 0 atom stereocenters. The zero-order chi connectivity index (χ0) is 24.3. The van der Waals surface area contributed by atoms with Crippen molar-refractivity contribution in [2.75, 3.05) is 24.4 Å². The van der Waals surface area contributed by atoms with Crippen LogP contribution in [-0.4, -0.2) is 31.7 Å². The number of hydrogen-bond acceptors (Lipinski definition) is 6. The molecule has 0 unspecified atom stereocenters. The molecule has 0 saturated carbocycles. The van der Waals surface area contributed by atoms with Crippen LogP contribution >= 0.6 is 0 Å². The van der Waals surface area contributed by atoms with E-state index in [9.17, 15) is 14.4 Å². The number of rotatable bonds is 8. The highest BCUT2D eigenvalue weighted by molar-refractivity contribution is 6.05. The molecule has 0 spiro atoms. The molecule has 0 aliphatic rings. The van der Waals surface area contributed by atoms with Gasteiger partial charge >= 0.3 is 6.16 Å². The van der Waals surface area contributed by atoms with Gasteiger partial charge in [-0.25, -0.2) is 4.79 Å². The molecule has 0 aliphatic carbocycles. The van der Waals surface area contributed by atoms with Gasteiger partial charge < -0.3 is 24.8 Å². The van der Waals surface area contributed by atoms with Crippen LogP contribution in [0.15, 0.2) is 78.9 Å². The Balaban J connectivity index is 1.58. The first-order valence-electron chi connectivity index (χ1n) is 10.5. The van der Waals surface area contributed by atoms with Crippen LogP contribution in [0.3, 0.4) is 0 Å². The standard InChI is InChI=1S/C26H24N2O6/c1-3-33-26(31)34-22-13-11-19(12-14-22)25(30)28-21-8-5-7-20(17-21)27-24(29)15-10-18-6-4-9-23(16-18)32-2/h4-17H,3H2,1-2H3,(H,27,29)(H,28,30)/b15-10+. The summed E-state index contributed by atoms with van der Waals surface area (Å²) in [5.41, 5.74) is 2.23. The Morgan fingerprint density at radius 3 is 2.26 bits per heavy atom. The Labute approximate surface area is 197 Å². The van der Waals surface area contributed by atoms with Crippen LogP contribution in [0.4, 0.5) is 16.2 Å². The normalized spacial score (nSPS) is 10.4. The van der Waals surface area contributed by atoms with Crippen molar-refractivity contribution in [2.45, 2.75) is 6.92 Å². The van der Waals surface area contributed by atoms with E-state index in [1.165, 1.54) is 30.3 Å². The predicted octanol–water partition coefficient (Wildman–Crippen LogP) is 5.13. The molecule has 0 fully saturated rings. The molecule has 0 heterocycles. The third-order valence-electron chi connectivity index (χ3n) is 4.49. The van der Waals surface area contributed by atoms with Crippen molar-refractivity contribution in [3.05, 3.63) is 90.0 Å². The van der Waals surface area contributed by atoms with Crippen molar-refractivity contribution >= 4 is 35.4 Å². The first-order valence-corrected chi connectivity index (χ1v) is 10.5. The van der Waals surface area contributed by atoms with Crippen LogP contribution < -0.4 is 20.1 Å². The van der Waals surface area contributed by atoms with Crippen LogP contribution in [-0.2, 0) is 9.53 Å². The predicted molar refractivity (Wildman–Crippen MR) is 129 cm³/mol. The van der Waals surface area contributed by atoms with E-state index in [4.69, 9.17) is 14.2 Å². The monoisotopic (exact) mass is 460 g/mol. The molecule has 34 heavy (non-hydrogen) atoms. The fourth-order valence-electron chi connectivity index (χ4n) is 2.90. The van der Waals surface area contributed by atoms with Gasteiger partial charge in [0.25, 0.3) is 5.91 Å². The average molecular weight is 460 g/mol. The minimum atomic E-state index is -0.808. The lowest BCUT2D eigenvalue weighted by molar-refractivity contribution is -0.111. The van der Waals surface area contributed by atoms with Gasteiger partial charge in [-0.15, -0.1) is 0 Å². The van der Waals surface area contributed by atoms with E-state index in [-0.39, 0.29) is 24.2 Å². The Hall–Kier alpha value is -4.59. The molecule has 0 aliphatic heterocycles. The van der Waals surface area contributed by atoms with E-state index in [1.54, 1.807) is 44.4 Å². The number of ether oxygens (including phenoxy) is 3. The molecular formula is C26H24N2O6. The molecule has 174 valence electrons. The summed E-state index contributed by atoms with van der Waals surface area (Å²) in [6.45, 7) is 1.88. The van der Waals surface area contributed by atoms with Crippen LogP contribution in [0.1, 0.15) is 22.8 Å². The molecule has 2 N–H and O–H groups in total. The van der Waals surface area contributed by atoms with Gasteiger partial charge in [0.05, 0.1) is 13.7 Å². The number of nitrogens with one attached hydrogen (secondary N) is 2. The summed E-state index contributed by atoms with van der Waals surface area (Å²) < 4.78 is 14.9. The first kappa shape index (κ1) is 24.1. The van der Waals surface area contributed by atoms with E-state index >= 15 is 0 Å². The minimum absolute atomic E-state index is 0.206. The molecule has 2 amide bonds. The molecule has 8 nitrogen and oxygen atoms in total. The van der Waals surface area contributed by atoms with Crippen LogP contribution in [0.25, 0.3) is 6.08 Å². The molecule has 8 heteroatoms. The van der Waals surface area contributed by atoms with Gasteiger partial charge in [-0.3, -0.25) is 9.59 Å². The maximum Gasteiger partial charge on any atom is 0.513 e. The third-order valence-corrected chi connectivity index (χ3v) is 4.49. The Kier molecular flexibility index (Phi) is 8.40. The van der Waals surface area contributed by atoms with Crippen LogP contribution in [0, 0.1) is 0 Å². The number of benzene rings is 3. The minimum Gasteiger partial charge on any atom is -0.497 e. The summed E-state index contributed by atoms with van der Waals surface area (Å²) in [5.74, 6) is 0.293. The highest BCUT2D eigenvalue weighted by atomic mass is 16.7. The molecule has 3 aromatic carbocycles. The summed E-state index contributed by atoms with van der Waals surface area (Å²) in [6, 6.07) is 20.2. The number of carbonyl (C=O) groups excluding carboxylic acids is 3. The van der Waals surface area contributed by atoms with Crippen molar-refractivity contribution in [1.29, 1.82) is 0 Å². The highest BCUT2D eigenvalue weighted by Gasteiger charge is 2.09. The lowest BCUT2D eigenvalue weighted by Gasteiger charge is -2.09. The highest BCUT2D eigenvalue weighted by Crippen LogP contribution is 2.18. The molecular weight excluding hydrogens is 436 g/mol. The van der Waals surface area contributed by atoms with Crippen molar-refractivity contribution in [2.24, 2.45) is 0 Å². The zero-order valence-corrected chi connectivity index (χ0v) is 18.7. The number of hydrogen-bond donors (Lipinski definition) is 2. The number of amides is 2. The molecule has 0 aromatic heterocycles. The van der Waals surface area contributed by atoms with E-state index in [0.29, 0.717) is 22.7 Å². The SMILES string of the molecule is CCOC(=O)Oc1ccc(C(=O)Nc2cccc(NC(=O)/C=C/c3cccc(OC)c3)c2)cc1. The summed E-state index contributed by atoms with van der Waals surface area (Å²) >= 11 is 0. The average Bonchev–Trinajstić information content (AvgIpc) is 2.83. The molecule has 0 bridgehead atoms. The Morgan fingerprint density at radius 2 is 1.56 bits per heavy atom. The smallest absolute Gasteiger partial charge is 0.497 e. The van der Waals surface area contributed by atoms with Crippen molar-refractivity contribution in [3.63, 3.8) is 0 Å². The largest absolute Gasteiger partial charge is 0.513 e. The van der Waals surface area contributed by atoms with E-state index in [0.717, 1.165) is 5.56 Å². The quantitative estimate of drug-likeness (QED) is 0.274. The summed E-state index contributed by atoms with van der Waals surface area (Å²) in [7, 11) is 1.58. The van der Waals surface area contributed by atoms with Crippen molar-refractivity contribution < 1.29 is 28.6 Å². The van der Waals surface area contributed by atoms with E-state index < -0.39 is 6.16 Å². The molecule has 3 aromatic rings. The molecule has 0 radical (unpaired) electrons. The molecule has 0 saturated heterocycles. The fraction of sp³-hybridized carbons (Fsp3) is 0.115. The van der Waals surface area contributed by atoms with Gasteiger partial charge in [-0.1, -0.05) is 18.2 Å². The van der Waals surface area contributed by atoms with Gasteiger partial charge in [0, 0.05) is 23.0 Å². The second-order valence-corrected chi connectivity index (χ2v) is 6.94. The maximum atomic E-state index is 12.5. The second kappa shape index (κ2) is 11.9. The number of carbonyl (C=O) groups is 3.